The number of benzene rings is 1. The second kappa shape index (κ2) is 5.25. The Balaban J connectivity index is 3.10. The van der Waals surface area contributed by atoms with Gasteiger partial charge in [0.15, 0.2) is 0 Å². The van der Waals surface area contributed by atoms with Gasteiger partial charge < -0.3 is 14.9 Å². The number of hydrogen-bond donors (Lipinski definition) is 2. The van der Waals surface area contributed by atoms with E-state index in [1.54, 1.807) is 18.2 Å². The molecule has 1 rings (SSSR count). The number of aliphatic hydroxyl groups excluding tert-OH is 2. The highest BCUT2D eigenvalue weighted by molar-refractivity contribution is 6.30. The fourth-order valence-corrected chi connectivity index (χ4v) is 1.76. The number of rotatable bonds is 3. The van der Waals surface area contributed by atoms with E-state index in [1.807, 2.05) is 20.8 Å². The van der Waals surface area contributed by atoms with E-state index in [0.29, 0.717) is 16.3 Å². The van der Waals surface area contributed by atoms with Crippen LogP contribution in [0, 0.1) is 5.41 Å². The molecule has 0 bridgehead atoms. The summed E-state index contributed by atoms with van der Waals surface area (Å²) in [4.78, 5) is 0. The lowest BCUT2D eigenvalue weighted by Crippen LogP contribution is -2.32. The first-order valence-corrected chi connectivity index (χ1v) is 5.84. The molecule has 1 aromatic carbocycles. The van der Waals surface area contributed by atoms with Crippen LogP contribution in [0.1, 0.15) is 32.4 Å². The van der Waals surface area contributed by atoms with Gasteiger partial charge >= 0.3 is 0 Å². The molecule has 0 fully saturated rings. The molecule has 3 nitrogen and oxygen atoms in total. The van der Waals surface area contributed by atoms with E-state index in [4.69, 9.17) is 16.3 Å². The Morgan fingerprint density at radius 3 is 2.29 bits per heavy atom. The van der Waals surface area contributed by atoms with E-state index in [0.717, 1.165) is 0 Å². The minimum absolute atomic E-state index is 0.424. The van der Waals surface area contributed by atoms with Gasteiger partial charge in [-0.15, -0.1) is 0 Å². The van der Waals surface area contributed by atoms with E-state index in [2.05, 4.69) is 0 Å². The fraction of sp³-hybridized carbons (Fsp3) is 0.538. The van der Waals surface area contributed by atoms with Gasteiger partial charge in [-0.05, 0) is 23.6 Å². The van der Waals surface area contributed by atoms with Gasteiger partial charge in [0, 0.05) is 10.6 Å². The first-order chi connectivity index (χ1) is 7.77. The topological polar surface area (TPSA) is 49.7 Å². The van der Waals surface area contributed by atoms with Crippen LogP contribution in [0.2, 0.25) is 5.02 Å². The Labute approximate surface area is 107 Å². The predicted molar refractivity (Wildman–Crippen MR) is 68.4 cm³/mol. The second-order valence-electron chi connectivity index (χ2n) is 5.14. The molecule has 0 aliphatic heterocycles. The Bertz CT molecular complexity index is 385. The predicted octanol–water partition coefficient (Wildman–Crippen LogP) is 2.79. The van der Waals surface area contributed by atoms with Crippen molar-refractivity contribution in [3.05, 3.63) is 28.8 Å². The molecule has 0 saturated carbocycles. The van der Waals surface area contributed by atoms with Crippen molar-refractivity contribution in [2.45, 2.75) is 33.0 Å². The molecule has 2 unspecified atom stereocenters. The van der Waals surface area contributed by atoms with Crippen molar-refractivity contribution in [2.75, 3.05) is 7.11 Å². The van der Waals surface area contributed by atoms with Crippen LogP contribution < -0.4 is 4.74 Å². The molecule has 0 aliphatic carbocycles. The monoisotopic (exact) mass is 258 g/mol. The van der Waals surface area contributed by atoms with Crippen molar-refractivity contribution >= 4 is 11.6 Å². The highest BCUT2D eigenvalue weighted by Crippen LogP contribution is 2.35. The van der Waals surface area contributed by atoms with E-state index >= 15 is 0 Å². The largest absolute Gasteiger partial charge is 0.496 e. The molecule has 0 radical (unpaired) electrons. The summed E-state index contributed by atoms with van der Waals surface area (Å²) in [5.41, 5.74) is 0.0784. The minimum Gasteiger partial charge on any atom is -0.496 e. The van der Waals surface area contributed by atoms with Gasteiger partial charge in [0.25, 0.3) is 0 Å². The van der Waals surface area contributed by atoms with Crippen LogP contribution in [0.25, 0.3) is 0 Å². The third kappa shape index (κ3) is 3.35. The molecular weight excluding hydrogens is 240 g/mol. The number of ether oxygens (including phenoxy) is 1. The normalized spacial score (nSPS) is 15.5. The van der Waals surface area contributed by atoms with Gasteiger partial charge in [-0.25, -0.2) is 0 Å². The number of aliphatic hydroxyl groups is 2. The minimum atomic E-state index is -1.02. The summed E-state index contributed by atoms with van der Waals surface area (Å²) in [5.74, 6) is 0.519. The molecule has 96 valence electrons. The highest BCUT2D eigenvalue weighted by atomic mass is 35.5. The lowest BCUT2D eigenvalue weighted by atomic mass is 9.83. The SMILES string of the molecule is COc1ccc(Cl)cc1C(O)C(O)C(C)(C)C. The van der Waals surface area contributed by atoms with E-state index < -0.39 is 17.6 Å². The first-order valence-electron chi connectivity index (χ1n) is 5.47. The fourth-order valence-electron chi connectivity index (χ4n) is 1.58. The average Bonchev–Trinajstić information content (AvgIpc) is 2.25. The van der Waals surface area contributed by atoms with Gasteiger partial charge in [-0.1, -0.05) is 32.4 Å². The van der Waals surface area contributed by atoms with Crippen molar-refractivity contribution in [3.63, 3.8) is 0 Å². The average molecular weight is 259 g/mol. The summed E-state index contributed by atoms with van der Waals surface area (Å²) >= 11 is 5.89. The van der Waals surface area contributed by atoms with Crippen LogP contribution in [0.15, 0.2) is 18.2 Å². The Morgan fingerprint density at radius 1 is 1.24 bits per heavy atom. The van der Waals surface area contributed by atoms with Gasteiger partial charge in [-0.2, -0.15) is 0 Å². The molecule has 4 heteroatoms. The maximum atomic E-state index is 10.2. The van der Waals surface area contributed by atoms with Gasteiger partial charge in [-0.3, -0.25) is 0 Å². The zero-order chi connectivity index (χ0) is 13.2. The smallest absolute Gasteiger partial charge is 0.124 e. The molecule has 17 heavy (non-hydrogen) atoms. The Morgan fingerprint density at radius 2 is 1.82 bits per heavy atom. The van der Waals surface area contributed by atoms with Crippen molar-refractivity contribution < 1.29 is 14.9 Å². The summed E-state index contributed by atoms with van der Waals surface area (Å²) in [6.45, 7) is 5.58. The summed E-state index contributed by atoms with van der Waals surface area (Å²) in [6, 6.07) is 4.97. The number of halogens is 1. The van der Waals surface area contributed by atoms with Crippen molar-refractivity contribution in [3.8, 4) is 5.75 Å². The lowest BCUT2D eigenvalue weighted by Gasteiger charge is -2.30. The van der Waals surface area contributed by atoms with Crippen LogP contribution in [0.3, 0.4) is 0 Å². The third-order valence-electron chi connectivity index (χ3n) is 2.70. The van der Waals surface area contributed by atoms with Crippen LogP contribution >= 0.6 is 11.6 Å². The molecule has 2 atom stereocenters. The first kappa shape index (κ1) is 14.3. The van der Waals surface area contributed by atoms with Crippen molar-refractivity contribution in [1.82, 2.24) is 0 Å². The quantitative estimate of drug-likeness (QED) is 0.877. The molecule has 0 amide bonds. The van der Waals surface area contributed by atoms with E-state index in [-0.39, 0.29) is 0 Å². The molecule has 0 spiro atoms. The molecule has 0 aliphatic rings. The van der Waals surface area contributed by atoms with Crippen LogP contribution in [-0.2, 0) is 0 Å². The van der Waals surface area contributed by atoms with Crippen LogP contribution in [-0.4, -0.2) is 23.4 Å². The highest BCUT2D eigenvalue weighted by Gasteiger charge is 2.31. The van der Waals surface area contributed by atoms with Gasteiger partial charge in [0.05, 0.1) is 13.2 Å². The standard InChI is InChI=1S/C13H19ClO3/c1-13(2,3)12(16)11(15)9-7-8(14)5-6-10(9)17-4/h5-7,11-12,15-16H,1-4H3. The van der Waals surface area contributed by atoms with Gasteiger partial charge in [0.2, 0.25) is 0 Å². The second-order valence-corrected chi connectivity index (χ2v) is 5.58. The maximum Gasteiger partial charge on any atom is 0.124 e. The van der Waals surface area contributed by atoms with E-state index in [9.17, 15) is 10.2 Å². The summed E-state index contributed by atoms with van der Waals surface area (Å²) < 4.78 is 5.15. The van der Waals surface area contributed by atoms with E-state index in [1.165, 1.54) is 7.11 Å². The zero-order valence-corrected chi connectivity index (χ0v) is 11.3. The molecular formula is C13H19ClO3. The van der Waals surface area contributed by atoms with Crippen LogP contribution in [0.4, 0.5) is 0 Å². The molecule has 1 aromatic rings. The van der Waals surface area contributed by atoms with Crippen molar-refractivity contribution in [1.29, 1.82) is 0 Å². The Hall–Kier alpha value is -0.770. The van der Waals surface area contributed by atoms with Crippen LogP contribution in [0.5, 0.6) is 5.75 Å². The maximum absolute atomic E-state index is 10.2. The molecule has 0 heterocycles. The zero-order valence-electron chi connectivity index (χ0n) is 10.6. The number of methoxy groups -OCH3 is 1. The summed E-state index contributed by atoms with van der Waals surface area (Å²) in [6.07, 6.45) is -1.92. The van der Waals surface area contributed by atoms with Gasteiger partial charge in [0.1, 0.15) is 11.9 Å². The number of hydrogen-bond acceptors (Lipinski definition) is 3. The molecule has 2 N–H and O–H groups in total. The lowest BCUT2D eigenvalue weighted by molar-refractivity contribution is -0.0466. The Kier molecular flexibility index (Phi) is 4.42. The van der Waals surface area contributed by atoms with Crippen molar-refractivity contribution in [2.24, 2.45) is 5.41 Å². The molecule has 0 saturated heterocycles. The third-order valence-corrected chi connectivity index (χ3v) is 2.93. The molecule has 0 aromatic heterocycles. The summed E-state index contributed by atoms with van der Waals surface area (Å²) in [7, 11) is 1.52. The summed E-state index contributed by atoms with van der Waals surface area (Å²) in [5, 5.41) is 20.7.